The van der Waals surface area contributed by atoms with Gasteiger partial charge in [0.1, 0.15) is 28.1 Å². The quantitative estimate of drug-likeness (QED) is 0.374. The van der Waals surface area contributed by atoms with Crippen LogP contribution in [0.2, 0.25) is 5.15 Å². The number of ether oxygens (including phenoxy) is 1. The van der Waals surface area contributed by atoms with Gasteiger partial charge < -0.3 is 9.30 Å². The molecular weight excluding hydrogens is 454 g/mol. The number of halogens is 1. The van der Waals surface area contributed by atoms with Crippen molar-refractivity contribution in [3.8, 4) is 11.4 Å². The van der Waals surface area contributed by atoms with E-state index in [4.69, 9.17) is 21.3 Å². The van der Waals surface area contributed by atoms with Crippen LogP contribution in [-0.2, 0) is 18.3 Å². The molecule has 4 aromatic heterocycles. The Morgan fingerprint density at radius 1 is 1.24 bits per heavy atom. The fourth-order valence-corrected chi connectivity index (χ4v) is 3.97. The first kappa shape index (κ1) is 22.3. The van der Waals surface area contributed by atoms with Crippen molar-refractivity contribution >= 4 is 29.2 Å². The van der Waals surface area contributed by atoms with E-state index < -0.39 is 11.7 Å². The van der Waals surface area contributed by atoms with E-state index in [2.05, 4.69) is 15.1 Å². The first-order chi connectivity index (χ1) is 16.2. The van der Waals surface area contributed by atoms with Gasteiger partial charge in [-0.2, -0.15) is 9.61 Å². The van der Waals surface area contributed by atoms with E-state index in [9.17, 15) is 4.79 Å². The van der Waals surface area contributed by atoms with E-state index in [0.717, 1.165) is 29.8 Å². The van der Waals surface area contributed by atoms with Crippen molar-refractivity contribution < 1.29 is 9.53 Å². The van der Waals surface area contributed by atoms with Gasteiger partial charge in [-0.1, -0.05) is 17.7 Å². The van der Waals surface area contributed by atoms with Crippen LogP contribution in [0.1, 0.15) is 50.9 Å². The topological polar surface area (TPSA) is 90.4 Å². The van der Waals surface area contributed by atoms with Crippen molar-refractivity contribution in [1.82, 2.24) is 29.1 Å². The van der Waals surface area contributed by atoms with E-state index in [1.54, 1.807) is 16.8 Å². The monoisotopic (exact) mass is 479 g/mol. The van der Waals surface area contributed by atoms with Crippen LogP contribution in [0.4, 0.5) is 10.6 Å². The zero-order valence-electron chi connectivity index (χ0n) is 19.6. The van der Waals surface area contributed by atoms with Gasteiger partial charge in [-0.25, -0.2) is 14.8 Å². The summed E-state index contributed by atoms with van der Waals surface area (Å²) in [6.45, 7) is 5.64. The maximum Gasteiger partial charge on any atom is 0.416 e. The summed E-state index contributed by atoms with van der Waals surface area (Å²) in [5, 5.41) is 4.83. The molecule has 1 fully saturated rings. The minimum Gasteiger partial charge on any atom is -0.443 e. The van der Waals surface area contributed by atoms with Crippen molar-refractivity contribution in [2.45, 2.75) is 51.7 Å². The van der Waals surface area contributed by atoms with Crippen molar-refractivity contribution in [2.24, 2.45) is 7.05 Å². The molecule has 1 aliphatic carbocycles. The molecule has 5 rings (SSSR count). The highest BCUT2D eigenvalue weighted by Gasteiger charge is 2.31. The van der Waals surface area contributed by atoms with Gasteiger partial charge in [0.05, 0.1) is 18.4 Å². The van der Waals surface area contributed by atoms with Gasteiger partial charge in [-0.15, -0.1) is 0 Å². The van der Waals surface area contributed by atoms with Gasteiger partial charge in [0.2, 0.25) is 0 Å². The van der Waals surface area contributed by atoms with Crippen LogP contribution in [0.15, 0.2) is 42.9 Å². The Balaban J connectivity index is 1.58. The van der Waals surface area contributed by atoms with E-state index in [0.29, 0.717) is 23.2 Å². The van der Waals surface area contributed by atoms with Crippen molar-refractivity contribution in [2.75, 3.05) is 4.90 Å². The largest absolute Gasteiger partial charge is 0.443 e. The van der Waals surface area contributed by atoms with Crippen LogP contribution >= 0.6 is 11.6 Å². The molecule has 10 heteroatoms. The van der Waals surface area contributed by atoms with Gasteiger partial charge in [-0.05, 0) is 51.7 Å². The number of carbonyl (C=O) groups excluding carboxylic acids is 1. The van der Waals surface area contributed by atoms with Gasteiger partial charge in [0.15, 0.2) is 5.65 Å². The van der Waals surface area contributed by atoms with Crippen LogP contribution in [0.25, 0.3) is 17.0 Å². The zero-order valence-corrected chi connectivity index (χ0v) is 20.3. The lowest BCUT2D eigenvalue weighted by Gasteiger charge is -2.27. The van der Waals surface area contributed by atoms with Gasteiger partial charge in [0, 0.05) is 31.1 Å². The molecule has 4 heterocycles. The highest BCUT2D eigenvalue weighted by atomic mass is 35.5. The smallest absolute Gasteiger partial charge is 0.416 e. The number of pyridine rings is 1. The van der Waals surface area contributed by atoms with Crippen LogP contribution in [-0.4, -0.2) is 40.8 Å². The first-order valence-corrected chi connectivity index (χ1v) is 11.6. The number of aryl methyl sites for hydroxylation is 1. The molecule has 0 N–H and O–H groups in total. The molecule has 0 atom stereocenters. The third kappa shape index (κ3) is 4.48. The molecule has 0 radical (unpaired) electrons. The normalized spacial score (nSPS) is 13.9. The number of aromatic nitrogens is 6. The number of anilines is 1. The Bertz CT molecular complexity index is 1350. The molecule has 0 unspecified atom stereocenters. The minimum absolute atomic E-state index is 0.145. The van der Waals surface area contributed by atoms with Crippen LogP contribution in [0, 0.1) is 0 Å². The number of amides is 1. The predicted molar refractivity (Wildman–Crippen MR) is 129 cm³/mol. The highest BCUT2D eigenvalue weighted by Crippen LogP contribution is 2.42. The van der Waals surface area contributed by atoms with E-state index in [1.165, 1.54) is 4.90 Å². The van der Waals surface area contributed by atoms with E-state index in [1.807, 2.05) is 63.0 Å². The Labute approximate surface area is 202 Å². The number of fused-ring (bicyclic) bond motifs is 1. The molecule has 1 amide bonds. The fourth-order valence-electron chi connectivity index (χ4n) is 3.80. The molecule has 34 heavy (non-hydrogen) atoms. The maximum atomic E-state index is 13.4. The Morgan fingerprint density at radius 3 is 2.71 bits per heavy atom. The second-order valence-corrected chi connectivity index (χ2v) is 9.87. The maximum absolute atomic E-state index is 13.4. The third-order valence-corrected chi connectivity index (χ3v) is 5.75. The molecule has 4 aromatic rings. The number of rotatable bonds is 5. The number of imidazole rings is 1. The molecule has 1 aliphatic rings. The summed E-state index contributed by atoms with van der Waals surface area (Å²) < 4.78 is 9.28. The number of hydrogen-bond acceptors (Lipinski definition) is 6. The van der Waals surface area contributed by atoms with Crippen LogP contribution in [0.3, 0.4) is 0 Å². The molecule has 9 nitrogen and oxygen atoms in total. The number of carbonyl (C=O) groups is 1. The van der Waals surface area contributed by atoms with E-state index in [-0.39, 0.29) is 11.7 Å². The highest BCUT2D eigenvalue weighted by molar-refractivity contribution is 6.29. The van der Waals surface area contributed by atoms with Gasteiger partial charge in [-0.3, -0.25) is 9.88 Å². The van der Waals surface area contributed by atoms with Gasteiger partial charge >= 0.3 is 6.09 Å². The third-order valence-electron chi connectivity index (χ3n) is 5.56. The number of hydrogen-bond donors (Lipinski definition) is 0. The second-order valence-electron chi connectivity index (χ2n) is 9.48. The van der Waals surface area contributed by atoms with Crippen molar-refractivity contribution in [1.29, 1.82) is 0 Å². The summed E-state index contributed by atoms with van der Waals surface area (Å²) in [6.07, 6.45) is 7.10. The molecule has 1 saturated carbocycles. The number of nitrogens with zero attached hydrogens (tertiary/aromatic N) is 7. The van der Waals surface area contributed by atoms with Crippen LogP contribution < -0.4 is 4.90 Å². The predicted octanol–water partition coefficient (Wildman–Crippen LogP) is 5.00. The van der Waals surface area contributed by atoms with Crippen LogP contribution in [0.5, 0.6) is 0 Å². The molecule has 0 aliphatic heterocycles. The minimum atomic E-state index is -0.685. The lowest BCUT2D eigenvalue weighted by Crippen LogP contribution is -2.38. The average Bonchev–Trinajstić information content (AvgIpc) is 3.43. The summed E-state index contributed by atoms with van der Waals surface area (Å²) in [5.74, 6) is 1.56. The first-order valence-electron chi connectivity index (χ1n) is 11.2. The average molecular weight is 480 g/mol. The lowest BCUT2D eigenvalue weighted by molar-refractivity contribution is 0.0574. The standard InChI is InChI=1S/C24H26ClN7O2/c1-24(2,3)34-23(33)31(14-20-28-18(13-30(20)4)17-7-5-6-10-26-17)21-11-19(25)29-22-16(15-8-9-15)12-27-32(21)22/h5-7,10-13,15H,8-9,14H2,1-4H3. The SMILES string of the molecule is Cn1cc(-c2ccccn2)nc1CN(C(=O)OC(C)(C)C)c1cc(Cl)nc2c(C3CC3)cnn12. The van der Waals surface area contributed by atoms with Crippen molar-refractivity contribution in [3.63, 3.8) is 0 Å². The van der Waals surface area contributed by atoms with E-state index >= 15 is 0 Å². The molecule has 0 spiro atoms. The zero-order chi connectivity index (χ0) is 24.0. The summed E-state index contributed by atoms with van der Waals surface area (Å²) in [7, 11) is 1.89. The molecule has 176 valence electrons. The summed E-state index contributed by atoms with van der Waals surface area (Å²) in [4.78, 5) is 28.5. The summed E-state index contributed by atoms with van der Waals surface area (Å²) in [5.41, 5.74) is 2.49. The molecule has 0 saturated heterocycles. The second kappa shape index (κ2) is 8.39. The van der Waals surface area contributed by atoms with Gasteiger partial charge in [0.25, 0.3) is 0 Å². The Hall–Kier alpha value is -3.46. The Kier molecular flexibility index (Phi) is 5.51. The lowest BCUT2D eigenvalue weighted by atomic mass is 10.2. The summed E-state index contributed by atoms with van der Waals surface area (Å²) in [6, 6.07) is 7.29. The molecule has 0 aromatic carbocycles. The summed E-state index contributed by atoms with van der Waals surface area (Å²) >= 11 is 6.42. The Morgan fingerprint density at radius 2 is 2.03 bits per heavy atom. The van der Waals surface area contributed by atoms with Crippen molar-refractivity contribution in [3.05, 3.63) is 59.4 Å². The fraction of sp³-hybridized carbons (Fsp3) is 0.375. The molecule has 0 bridgehead atoms. The molecular formula is C24H26ClN7O2.